The molecule has 1 atom stereocenters. The number of hydrogen-bond donors (Lipinski definition) is 1. The first-order valence-corrected chi connectivity index (χ1v) is 8.48. The van der Waals surface area contributed by atoms with E-state index in [1.54, 1.807) is 11.3 Å². The van der Waals surface area contributed by atoms with Gasteiger partial charge in [0.05, 0.1) is 17.7 Å². The van der Waals surface area contributed by atoms with Crippen LogP contribution in [0.4, 0.5) is 0 Å². The molecule has 0 spiro atoms. The minimum Gasteiger partial charge on any atom is -0.305 e. The van der Waals surface area contributed by atoms with Gasteiger partial charge in [-0.3, -0.25) is 4.79 Å². The third kappa shape index (κ3) is 3.29. The van der Waals surface area contributed by atoms with E-state index in [0.717, 1.165) is 42.9 Å². The van der Waals surface area contributed by atoms with E-state index in [9.17, 15) is 4.79 Å². The highest BCUT2D eigenvalue weighted by Gasteiger charge is 2.39. The lowest BCUT2D eigenvalue weighted by atomic mass is 9.86. The number of Topliss-reactive ketones (excluding diaryl/α,β-unsaturated/α-hetero) is 1. The molecule has 1 fully saturated rings. The van der Waals surface area contributed by atoms with Gasteiger partial charge in [0.2, 0.25) is 0 Å². The Labute approximate surface area is 126 Å². The molecule has 0 radical (unpaired) electrons. The normalized spacial score (nSPS) is 23.2. The van der Waals surface area contributed by atoms with E-state index < -0.39 is 0 Å². The molecule has 4 heteroatoms. The number of carbonyl (C=O) groups is 1. The summed E-state index contributed by atoms with van der Waals surface area (Å²) < 4.78 is 0. The van der Waals surface area contributed by atoms with E-state index >= 15 is 0 Å². The van der Waals surface area contributed by atoms with E-state index in [1.165, 1.54) is 0 Å². The van der Waals surface area contributed by atoms with E-state index in [-0.39, 0.29) is 11.0 Å². The van der Waals surface area contributed by atoms with Gasteiger partial charge in [0.1, 0.15) is 5.01 Å². The molecule has 1 saturated heterocycles. The molecule has 2 rings (SSSR count). The van der Waals surface area contributed by atoms with Crippen LogP contribution in [0.2, 0.25) is 0 Å². The molecule has 0 saturated carbocycles. The average Bonchev–Trinajstić information content (AvgIpc) is 2.98. The molecular weight excluding hydrogens is 268 g/mol. The highest BCUT2D eigenvalue weighted by Crippen LogP contribution is 2.29. The number of nitrogens with zero attached hydrogens (tertiary/aromatic N) is 1. The predicted octanol–water partition coefficient (Wildman–Crippen LogP) is 3.47. The summed E-state index contributed by atoms with van der Waals surface area (Å²) in [5.74, 6) is 0.326. The molecule has 0 amide bonds. The molecule has 112 valence electrons. The molecule has 1 unspecified atom stereocenters. The minimum absolute atomic E-state index is 0.0600. The molecule has 1 aliphatic rings. The van der Waals surface area contributed by atoms with Crippen molar-refractivity contribution in [3.8, 4) is 0 Å². The lowest BCUT2D eigenvalue weighted by Gasteiger charge is -2.27. The first kappa shape index (κ1) is 15.6. The van der Waals surface area contributed by atoms with Crippen molar-refractivity contribution in [3.05, 3.63) is 16.1 Å². The standard InChI is InChI=1S/C16H26N2OS/c1-5-7-16(8-6-9-17-16)13(19)10-14-18-12(11-20-14)15(2,3)4/h11,17H,5-10H2,1-4H3. The Morgan fingerprint density at radius 3 is 2.75 bits per heavy atom. The lowest BCUT2D eigenvalue weighted by molar-refractivity contribution is -0.124. The maximum Gasteiger partial charge on any atom is 0.159 e. The van der Waals surface area contributed by atoms with Crippen molar-refractivity contribution >= 4 is 17.1 Å². The summed E-state index contributed by atoms with van der Waals surface area (Å²) in [7, 11) is 0. The fraction of sp³-hybridized carbons (Fsp3) is 0.750. The number of nitrogens with one attached hydrogen (secondary N) is 1. The van der Waals surface area contributed by atoms with E-state index in [0.29, 0.717) is 12.2 Å². The van der Waals surface area contributed by atoms with Crippen LogP contribution in [0.1, 0.15) is 64.1 Å². The van der Waals surface area contributed by atoms with Gasteiger partial charge in [0, 0.05) is 10.8 Å². The maximum absolute atomic E-state index is 12.7. The molecule has 1 N–H and O–H groups in total. The highest BCUT2D eigenvalue weighted by atomic mass is 32.1. The molecule has 2 heterocycles. The monoisotopic (exact) mass is 294 g/mol. The van der Waals surface area contributed by atoms with Gasteiger partial charge in [-0.25, -0.2) is 4.98 Å². The van der Waals surface area contributed by atoms with Crippen LogP contribution in [-0.4, -0.2) is 22.9 Å². The van der Waals surface area contributed by atoms with Crippen LogP contribution in [0, 0.1) is 0 Å². The predicted molar refractivity (Wildman–Crippen MR) is 84.4 cm³/mol. The SMILES string of the molecule is CCCC1(C(=O)Cc2nc(C(C)(C)C)cs2)CCCN1. The van der Waals surface area contributed by atoms with Crippen molar-refractivity contribution in [2.24, 2.45) is 0 Å². The summed E-state index contributed by atoms with van der Waals surface area (Å²) in [6, 6.07) is 0. The number of rotatable bonds is 5. The fourth-order valence-corrected chi connectivity index (χ4v) is 3.89. The minimum atomic E-state index is -0.275. The smallest absolute Gasteiger partial charge is 0.159 e. The van der Waals surface area contributed by atoms with Gasteiger partial charge in [-0.15, -0.1) is 11.3 Å². The van der Waals surface area contributed by atoms with Gasteiger partial charge in [0.25, 0.3) is 0 Å². The summed E-state index contributed by atoms with van der Waals surface area (Å²) in [5.41, 5.74) is 0.876. The number of hydrogen-bond acceptors (Lipinski definition) is 4. The second-order valence-electron chi connectivity index (χ2n) is 6.84. The Hall–Kier alpha value is -0.740. The van der Waals surface area contributed by atoms with Crippen molar-refractivity contribution in [3.63, 3.8) is 0 Å². The van der Waals surface area contributed by atoms with Crippen LogP contribution >= 0.6 is 11.3 Å². The molecule has 3 nitrogen and oxygen atoms in total. The van der Waals surface area contributed by atoms with Crippen LogP contribution in [0.3, 0.4) is 0 Å². The number of thiazole rings is 1. The quantitative estimate of drug-likeness (QED) is 0.904. The lowest BCUT2D eigenvalue weighted by Crippen LogP contribution is -2.48. The summed E-state index contributed by atoms with van der Waals surface area (Å²) in [6.07, 6.45) is 4.56. The van der Waals surface area contributed by atoms with E-state index in [4.69, 9.17) is 0 Å². The van der Waals surface area contributed by atoms with Gasteiger partial charge >= 0.3 is 0 Å². The number of aromatic nitrogens is 1. The highest BCUT2D eigenvalue weighted by molar-refractivity contribution is 7.09. The molecular formula is C16H26N2OS. The Kier molecular flexibility index (Phi) is 4.65. The summed E-state index contributed by atoms with van der Waals surface area (Å²) in [5, 5.41) is 6.51. The zero-order valence-electron chi connectivity index (χ0n) is 13.1. The summed E-state index contributed by atoms with van der Waals surface area (Å²) >= 11 is 1.62. The van der Waals surface area contributed by atoms with E-state index in [2.05, 4.69) is 43.4 Å². The van der Waals surface area contributed by atoms with Crippen molar-refractivity contribution < 1.29 is 4.79 Å². The van der Waals surface area contributed by atoms with Crippen molar-refractivity contribution in [2.75, 3.05) is 6.54 Å². The molecule has 1 aliphatic heterocycles. The topological polar surface area (TPSA) is 42.0 Å². The zero-order chi connectivity index (χ0) is 14.8. The Morgan fingerprint density at radius 1 is 1.50 bits per heavy atom. The van der Waals surface area contributed by atoms with Gasteiger partial charge in [-0.1, -0.05) is 34.1 Å². The van der Waals surface area contributed by atoms with Crippen molar-refractivity contribution in [2.45, 2.75) is 70.8 Å². The van der Waals surface area contributed by atoms with Crippen LogP contribution in [-0.2, 0) is 16.6 Å². The average molecular weight is 294 g/mol. The van der Waals surface area contributed by atoms with Crippen molar-refractivity contribution in [1.82, 2.24) is 10.3 Å². The summed E-state index contributed by atoms with van der Waals surface area (Å²) in [4.78, 5) is 17.3. The summed E-state index contributed by atoms with van der Waals surface area (Å²) in [6.45, 7) is 9.59. The molecule has 0 bridgehead atoms. The Bertz CT molecular complexity index is 467. The fourth-order valence-electron chi connectivity index (χ4n) is 2.87. The van der Waals surface area contributed by atoms with Gasteiger partial charge < -0.3 is 5.32 Å². The van der Waals surface area contributed by atoms with Crippen LogP contribution in [0.25, 0.3) is 0 Å². The number of carbonyl (C=O) groups excluding carboxylic acids is 1. The molecule has 1 aromatic rings. The first-order valence-electron chi connectivity index (χ1n) is 7.60. The second-order valence-corrected chi connectivity index (χ2v) is 7.78. The number of ketones is 1. The zero-order valence-corrected chi connectivity index (χ0v) is 13.9. The Morgan fingerprint density at radius 2 is 2.25 bits per heavy atom. The van der Waals surface area contributed by atoms with Gasteiger partial charge in [-0.05, 0) is 25.8 Å². The second kappa shape index (κ2) is 5.94. The third-order valence-corrected chi connectivity index (χ3v) is 4.94. The van der Waals surface area contributed by atoms with Crippen molar-refractivity contribution in [1.29, 1.82) is 0 Å². The molecule has 20 heavy (non-hydrogen) atoms. The van der Waals surface area contributed by atoms with Gasteiger partial charge in [0.15, 0.2) is 5.78 Å². The van der Waals surface area contributed by atoms with Crippen LogP contribution < -0.4 is 5.32 Å². The van der Waals surface area contributed by atoms with Crippen LogP contribution in [0.15, 0.2) is 5.38 Å². The molecule has 0 aliphatic carbocycles. The third-order valence-electron chi connectivity index (χ3n) is 4.09. The van der Waals surface area contributed by atoms with E-state index in [1.807, 2.05) is 0 Å². The van der Waals surface area contributed by atoms with Crippen LogP contribution in [0.5, 0.6) is 0 Å². The largest absolute Gasteiger partial charge is 0.305 e. The molecule has 0 aromatic carbocycles. The van der Waals surface area contributed by atoms with Gasteiger partial charge in [-0.2, -0.15) is 0 Å². The maximum atomic E-state index is 12.7. The Balaban J connectivity index is 2.09. The molecule has 1 aromatic heterocycles. The first-order chi connectivity index (χ1) is 9.37.